The Kier molecular flexibility index (Phi) is 3.40. The molecule has 2 heterocycles. The van der Waals surface area contributed by atoms with Crippen molar-refractivity contribution in [3.05, 3.63) is 34.8 Å². The van der Waals surface area contributed by atoms with Crippen molar-refractivity contribution in [1.82, 2.24) is 14.5 Å². The summed E-state index contributed by atoms with van der Waals surface area (Å²) in [7, 11) is -1.95. The topological polar surface area (TPSA) is 76.9 Å². The van der Waals surface area contributed by atoms with Gasteiger partial charge in [-0.05, 0) is 35.0 Å². The lowest BCUT2D eigenvalue weighted by Gasteiger charge is -2.04. The number of imidazole rings is 1. The van der Waals surface area contributed by atoms with Crippen molar-refractivity contribution in [2.24, 2.45) is 7.05 Å². The van der Waals surface area contributed by atoms with Gasteiger partial charge in [0.1, 0.15) is 11.6 Å². The lowest BCUT2D eigenvalue weighted by molar-refractivity contribution is 0.598. The maximum Gasteiger partial charge on any atom is 0.282 e. The van der Waals surface area contributed by atoms with Gasteiger partial charge in [0.05, 0.1) is 0 Å². The molecule has 0 atom stereocenters. The van der Waals surface area contributed by atoms with E-state index in [0.29, 0.717) is 5.82 Å². The lowest BCUT2D eigenvalue weighted by atomic mass is 10.5. The molecule has 0 aromatic carbocycles. The van der Waals surface area contributed by atoms with Crippen LogP contribution in [0.3, 0.4) is 0 Å². The van der Waals surface area contributed by atoms with Crippen LogP contribution in [-0.2, 0) is 17.1 Å². The average molecular weight is 331 g/mol. The molecule has 2 rings (SSSR count). The highest BCUT2D eigenvalue weighted by molar-refractivity contribution is 9.10. The Morgan fingerprint density at radius 1 is 1.39 bits per heavy atom. The van der Waals surface area contributed by atoms with Crippen LogP contribution >= 0.6 is 15.9 Å². The van der Waals surface area contributed by atoms with Gasteiger partial charge in [-0.25, -0.2) is 9.97 Å². The minimum absolute atomic E-state index is 0.0211. The van der Waals surface area contributed by atoms with Crippen molar-refractivity contribution < 1.29 is 8.42 Å². The van der Waals surface area contributed by atoms with Gasteiger partial charge in [0.25, 0.3) is 10.0 Å². The Morgan fingerprint density at radius 2 is 2.11 bits per heavy atom. The quantitative estimate of drug-likeness (QED) is 0.928. The molecule has 0 unspecified atom stereocenters. The van der Waals surface area contributed by atoms with E-state index in [1.807, 2.05) is 0 Å². The van der Waals surface area contributed by atoms with Crippen LogP contribution in [-0.4, -0.2) is 23.0 Å². The molecule has 0 radical (unpaired) electrons. The van der Waals surface area contributed by atoms with Crippen LogP contribution in [0.15, 0.2) is 34.0 Å². The second-order valence-corrected chi connectivity index (χ2v) is 6.25. The Hall–Kier alpha value is -1.41. The maximum atomic E-state index is 12.0. The molecule has 18 heavy (non-hydrogen) atoms. The van der Waals surface area contributed by atoms with Crippen molar-refractivity contribution in [2.75, 3.05) is 4.72 Å². The summed E-state index contributed by atoms with van der Waals surface area (Å²) < 4.78 is 28.8. The van der Waals surface area contributed by atoms with Crippen LogP contribution in [0.2, 0.25) is 0 Å². The van der Waals surface area contributed by atoms with Crippen molar-refractivity contribution in [3.63, 3.8) is 0 Å². The van der Waals surface area contributed by atoms with Gasteiger partial charge in [0.15, 0.2) is 5.03 Å². The molecular weight excluding hydrogens is 320 g/mol. The SMILES string of the molecule is Cc1nc(S(=O)(=O)Nc2ccc(Br)cn2)cn1C. The number of aromatic nitrogens is 3. The summed E-state index contributed by atoms with van der Waals surface area (Å²) in [4.78, 5) is 7.92. The van der Waals surface area contributed by atoms with Crippen LogP contribution in [0.5, 0.6) is 0 Å². The molecule has 1 N–H and O–H groups in total. The van der Waals surface area contributed by atoms with Gasteiger partial charge in [-0.2, -0.15) is 8.42 Å². The lowest BCUT2D eigenvalue weighted by Crippen LogP contribution is -2.14. The summed E-state index contributed by atoms with van der Waals surface area (Å²) in [5.41, 5.74) is 0. The fourth-order valence-electron chi connectivity index (χ4n) is 1.28. The van der Waals surface area contributed by atoms with E-state index in [-0.39, 0.29) is 10.8 Å². The highest BCUT2D eigenvalue weighted by atomic mass is 79.9. The molecule has 6 nitrogen and oxygen atoms in total. The fourth-order valence-corrected chi connectivity index (χ4v) is 2.57. The number of pyridine rings is 1. The first-order valence-electron chi connectivity index (χ1n) is 5.03. The molecule has 0 aliphatic heterocycles. The first kappa shape index (κ1) is 13.0. The number of halogens is 1. The number of nitrogens with one attached hydrogen (secondary N) is 1. The van der Waals surface area contributed by atoms with Crippen LogP contribution in [0.25, 0.3) is 0 Å². The molecule has 2 aromatic heterocycles. The summed E-state index contributed by atoms with van der Waals surface area (Å²) in [5.74, 6) is 0.876. The van der Waals surface area contributed by atoms with Crippen LogP contribution in [0.1, 0.15) is 5.82 Å². The Labute approximate surface area is 113 Å². The molecule has 0 aliphatic rings. The van der Waals surface area contributed by atoms with Crippen LogP contribution < -0.4 is 4.72 Å². The maximum absolute atomic E-state index is 12.0. The molecule has 0 amide bonds. The van der Waals surface area contributed by atoms with Crippen LogP contribution in [0.4, 0.5) is 5.82 Å². The molecule has 0 aliphatic carbocycles. The molecule has 2 aromatic rings. The second kappa shape index (κ2) is 4.69. The van der Waals surface area contributed by atoms with E-state index < -0.39 is 10.0 Å². The third kappa shape index (κ3) is 2.70. The smallest absolute Gasteiger partial charge is 0.282 e. The molecule has 96 valence electrons. The Balaban J connectivity index is 2.29. The first-order chi connectivity index (χ1) is 8.38. The largest absolute Gasteiger partial charge is 0.337 e. The van der Waals surface area contributed by atoms with Gasteiger partial charge >= 0.3 is 0 Å². The van der Waals surface area contributed by atoms with Crippen molar-refractivity contribution in [3.8, 4) is 0 Å². The molecule has 0 saturated heterocycles. The number of anilines is 1. The molecular formula is C10H11BrN4O2S. The Bertz CT molecular complexity index is 644. The summed E-state index contributed by atoms with van der Waals surface area (Å²) in [6.45, 7) is 1.73. The molecule has 8 heteroatoms. The highest BCUT2D eigenvalue weighted by Gasteiger charge is 2.18. The number of aryl methyl sites for hydroxylation is 2. The van der Waals surface area contributed by atoms with Gasteiger partial charge < -0.3 is 4.57 Å². The minimum Gasteiger partial charge on any atom is -0.337 e. The zero-order valence-electron chi connectivity index (χ0n) is 9.75. The van der Waals surface area contributed by atoms with E-state index in [0.717, 1.165) is 4.47 Å². The third-order valence-electron chi connectivity index (χ3n) is 2.33. The summed E-state index contributed by atoms with van der Waals surface area (Å²) in [6.07, 6.45) is 2.97. The van der Waals surface area contributed by atoms with E-state index in [1.54, 1.807) is 30.7 Å². The number of sulfonamides is 1. The van der Waals surface area contributed by atoms with E-state index >= 15 is 0 Å². The van der Waals surface area contributed by atoms with Gasteiger partial charge in [-0.1, -0.05) is 0 Å². The second-order valence-electron chi connectivity index (χ2n) is 3.70. The summed E-state index contributed by atoms with van der Waals surface area (Å²) in [6, 6.07) is 3.27. The summed E-state index contributed by atoms with van der Waals surface area (Å²) >= 11 is 3.23. The zero-order valence-corrected chi connectivity index (χ0v) is 12.2. The monoisotopic (exact) mass is 330 g/mol. The van der Waals surface area contributed by atoms with E-state index in [2.05, 4.69) is 30.6 Å². The summed E-state index contributed by atoms with van der Waals surface area (Å²) in [5, 5.41) is -0.0211. The van der Waals surface area contributed by atoms with Crippen molar-refractivity contribution in [2.45, 2.75) is 11.9 Å². The van der Waals surface area contributed by atoms with Gasteiger partial charge in [0.2, 0.25) is 0 Å². The molecule has 0 bridgehead atoms. The highest BCUT2D eigenvalue weighted by Crippen LogP contribution is 2.15. The van der Waals surface area contributed by atoms with E-state index in [1.165, 1.54) is 12.4 Å². The average Bonchev–Trinajstić information content (AvgIpc) is 2.63. The standard InChI is InChI=1S/C10H11BrN4O2S/c1-7-13-10(6-15(7)2)18(16,17)14-9-4-3-8(11)5-12-9/h3-6H,1-2H3,(H,12,14). The van der Waals surface area contributed by atoms with Crippen molar-refractivity contribution >= 4 is 31.8 Å². The Morgan fingerprint density at radius 3 is 2.61 bits per heavy atom. The number of hydrogen-bond acceptors (Lipinski definition) is 4. The van der Waals surface area contributed by atoms with Gasteiger partial charge in [0, 0.05) is 23.9 Å². The third-order valence-corrected chi connectivity index (χ3v) is 4.02. The normalized spacial score (nSPS) is 11.5. The number of nitrogens with zero attached hydrogens (tertiary/aromatic N) is 3. The molecule has 0 saturated carbocycles. The predicted octanol–water partition coefficient (Wildman–Crippen LogP) is 1.69. The van der Waals surface area contributed by atoms with Crippen molar-refractivity contribution in [1.29, 1.82) is 0 Å². The van der Waals surface area contributed by atoms with E-state index in [4.69, 9.17) is 0 Å². The molecule has 0 spiro atoms. The minimum atomic E-state index is -3.69. The fraction of sp³-hybridized carbons (Fsp3) is 0.200. The van der Waals surface area contributed by atoms with Gasteiger partial charge in [-0.3, -0.25) is 4.72 Å². The van der Waals surface area contributed by atoms with E-state index in [9.17, 15) is 8.42 Å². The zero-order chi connectivity index (χ0) is 13.3. The number of hydrogen-bond donors (Lipinski definition) is 1. The first-order valence-corrected chi connectivity index (χ1v) is 7.30. The van der Waals surface area contributed by atoms with Gasteiger partial charge in [-0.15, -0.1) is 0 Å². The number of rotatable bonds is 3. The predicted molar refractivity (Wildman–Crippen MR) is 70.7 cm³/mol. The van der Waals surface area contributed by atoms with Crippen LogP contribution in [0, 0.1) is 6.92 Å². The molecule has 0 fully saturated rings.